The highest BCUT2D eigenvalue weighted by Crippen LogP contribution is 2.42. The van der Waals surface area contributed by atoms with Crippen molar-refractivity contribution in [3.8, 4) is 5.69 Å². The minimum absolute atomic E-state index is 0.152. The molecule has 0 radical (unpaired) electrons. The summed E-state index contributed by atoms with van der Waals surface area (Å²) in [5.74, 6) is -0.360. The number of benzene rings is 2. The lowest BCUT2D eigenvalue weighted by Crippen LogP contribution is -2.30. The van der Waals surface area contributed by atoms with Crippen LogP contribution in [-0.4, -0.2) is 27.7 Å². The number of aromatic nitrogens is 2. The summed E-state index contributed by atoms with van der Waals surface area (Å²) in [7, 11) is 1.38. The average molecular weight is 533 g/mol. The quantitative estimate of drug-likeness (QED) is 0.266. The SMILES string of the molecule is COC(=O)c1ccc(-n2cccc2[C@H]2[C@H](c3ccccn3)NC(=S)N2c2ccc(Br)cc2)cc1. The second-order valence-electron chi connectivity index (χ2n) is 7.81. The Labute approximate surface area is 211 Å². The molecule has 2 atom stereocenters. The van der Waals surface area contributed by atoms with Gasteiger partial charge in [0.25, 0.3) is 0 Å². The van der Waals surface area contributed by atoms with Crippen molar-refractivity contribution in [1.29, 1.82) is 0 Å². The van der Waals surface area contributed by atoms with Crippen molar-refractivity contribution >= 4 is 44.9 Å². The molecule has 34 heavy (non-hydrogen) atoms. The third kappa shape index (κ3) is 4.10. The second kappa shape index (κ2) is 9.40. The summed E-state index contributed by atoms with van der Waals surface area (Å²) in [6.07, 6.45) is 3.81. The first kappa shape index (κ1) is 22.3. The number of pyridine rings is 1. The standard InChI is InChI=1S/C26H21BrN4O2S/c1-33-25(32)17-7-11-19(12-8-17)30-16-4-6-22(30)24-23(21-5-2-3-15-28-21)29-26(34)31(24)20-13-9-18(27)10-14-20/h2-16,23-24H,1H3,(H,29,34)/t23-,24-/m0/s1. The van der Waals surface area contributed by atoms with E-state index < -0.39 is 0 Å². The predicted octanol–water partition coefficient (Wildman–Crippen LogP) is 5.60. The Morgan fingerprint density at radius 3 is 2.41 bits per heavy atom. The Morgan fingerprint density at radius 1 is 1.00 bits per heavy atom. The summed E-state index contributed by atoms with van der Waals surface area (Å²) in [6, 6.07) is 25.2. The highest BCUT2D eigenvalue weighted by atomic mass is 79.9. The van der Waals surface area contributed by atoms with Gasteiger partial charge in [0.1, 0.15) is 6.04 Å². The van der Waals surface area contributed by atoms with Crippen molar-refractivity contribution in [3.05, 3.63) is 113 Å². The third-order valence-electron chi connectivity index (χ3n) is 5.85. The number of hydrogen-bond acceptors (Lipinski definition) is 4. The monoisotopic (exact) mass is 532 g/mol. The Hall–Kier alpha value is -3.49. The summed E-state index contributed by atoms with van der Waals surface area (Å²) in [4.78, 5) is 18.6. The van der Waals surface area contributed by atoms with Crippen LogP contribution in [0.2, 0.25) is 0 Å². The molecule has 6 nitrogen and oxygen atoms in total. The molecule has 170 valence electrons. The van der Waals surface area contributed by atoms with E-state index in [-0.39, 0.29) is 18.1 Å². The number of thiocarbonyl (C=S) groups is 1. The Bertz CT molecular complexity index is 1320. The predicted molar refractivity (Wildman–Crippen MR) is 139 cm³/mol. The van der Waals surface area contributed by atoms with Gasteiger partial charge in [-0.05, 0) is 85.0 Å². The Balaban J connectivity index is 1.61. The van der Waals surface area contributed by atoms with Crippen LogP contribution >= 0.6 is 28.1 Å². The number of halogens is 1. The molecule has 0 saturated carbocycles. The molecule has 3 heterocycles. The molecule has 1 aliphatic rings. The fourth-order valence-corrected chi connectivity index (χ4v) is 4.89. The van der Waals surface area contributed by atoms with E-state index in [2.05, 4.69) is 41.8 Å². The summed E-state index contributed by atoms with van der Waals surface area (Å²) < 4.78 is 7.95. The molecule has 2 aromatic heterocycles. The van der Waals surface area contributed by atoms with Crippen LogP contribution in [0.25, 0.3) is 5.69 Å². The van der Waals surface area contributed by atoms with Gasteiger partial charge in [0.15, 0.2) is 5.11 Å². The molecule has 1 fully saturated rings. The van der Waals surface area contributed by atoms with E-state index in [0.717, 1.165) is 27.2 Å². The Morgan fingerprint density at radius 2 is 1.74 bits per heavy atom. The molecule has 1 saturated heterocycles. The number of carbonyl (C=O) groups is 1. The first-order valence-electron chi connectivity index (χ1n) is 10.7. The minimum atomic E-state index is -0.360. The van der Waals surface area contributed by atoms with Gasteiger partial charge in [0.2, 0.25) is 0 Å². The fraction of sp³-hybridized carbons (Fsp3) is 0.115. The van der Waals surface area contributed by atoms with Gasteiger partial charge < -0.3 is 19.5 Å². The van der Waals surface area contributed by atoms with Gasteiger partial charge in [-0.1, -0.05) is 22.0 Å². The van der Waals surface area contributed by atoms with Gasteiger partial charge in [-0.3, -0.25) is 4.98 Å². The molecule has 4 aromatic rings. The van der Waals surface area contributed by atoms with E-state index in [1.807, 2.05) is 66.9 Å². The van der Waals surface area contributed by atoms with Gasteiger partial charge in [-0.25, -0.2) is 4.79 Å². The van der Waals surface area contributed by atoms with Gasteiger partial charge in [0, 0.05) is 33.9 Å². The van der Waals surface area contributed by atoms with E-state index in [9.17, 15) is 4.79 Å². The van der Waals surface area contributed by atoms with Crippen LogP contribution in [0.1, 0.15) is 33.8 Å². The molecule has 0 aliphatic carbocycles. The fourth-order valence-electron chi connectivity index (χ4n) is 4.28. The number of nitrogens with zero attached hydrogens (tertiary/aromatic N) is 3. The molecule has 0 amide bonds. The van der Waals surface area contributed by atoms with Crippen molar-refractivity contribution in [1.82, 2.24) is 14.9 Å². The van der Waals surface area contributed by atoms with Crippen molar-refractivity contribution in [2.75, 3.05) is 12.0 Å². The maximum atomic E-state index is 11.9. The number of hydrogen-bond donors (Lipinski definition) is 1. The zero-order valence-electron chi connectivity index (χ0n) is 18.3. The number of anilines is 1. The van der Waals surface area contributed by atoms with Crippen LogP contribution in [0.15, 0.2) is 95.7 Å². The van der Waals surface area contributed by atoms with Crippen LogP contribution in [0.4, 0.5) is 5.69 Å². The lowest BCUT2D eigenvalue weighted by atomic mass is 10.0. The second-order valence-corrected chi connectivity index (χ2v) is 9.12. The number of methoxy groups -OCH3 is 1. The van der Waals surface area contributed by atoms with Gasteiger partial charge in [-0.2, -0.15) is 0 Å². The minimum Gasteiger partial charge on any atom is -0.465 e. The lowest BCUT2D eigenvalue weighted by molar-refractivity contribution is 0.0600. The molecular formula is C26H21BrN4O2S. The third-order valence-corrected chi connectivity index (χ3v) is 6.70. The number of esters is 1. The van der Waals surface area contributed by atoms with Crippen LogP contribution in [0, 0.1) is 0 Å². The normalized spacial score (nSPS) is 17.5. The molecular weight excluding hydrogens is 512 g/mol. The van der Waals surface area contributed by atoms with Crippen molar-refractivity contribution in [2.24, 2.45) is 0 Å². The Kier molecular flexibility index (Phi) is 6.17. The smallest absolute Gasteiger partial charge is 0.337 e. The van der Waals surface area contributed by atoms with E-state index in [4.69, 9.17) is 17.0 Å². The number of nitrogens with one attached hydrogen (secondary N) is 1. The molecule has 0 spiro atoms. The van der Waals surface area contributed by atoms with Crippen LogP contribution < -0.4 is 10.2 Å². The summed E-state index contributed by atoms with van der Waals surface area (Å²) >= 11 is 9.34. The number of rotatable bonds is 5. The maximum absolute atomic E-state index is 11.9. The van der Waals surface area contributed by atoms with Gasteiger partial charge >= 0.3 is 5.97 Å². The highest BCUT2D eigenvalue weighted by Gasteiger charge is 2.42. The van der Waals surface area contributed by atoms with Crippen molar-refractivity contribution < 1.29 is 9.53 Å². The van der Waals surface area contributed by atoms with Crippen LogP contribution in [0.3, 0.4) is 0 Å². The summed E-state index contributed by atoms with van der Waals surface area (Å²) in [6.45, 7) is 0. The van der Waals surface area contributed by atoms with E-state index in [1.165, 1.54) is 7.11 Å². The molecule has 1 N–H and O–H groups in total. The largest absolute Gasteiger partial charge is 0.465 e. The van der Waals surface area contributed by atoms with Crippen LogP contribution in [0.5, 0.6) is 0 Å². The van der Waals surface area contributed by atoms with E-state index in [0.29, 0.717) is 10.7 Å². The molecule has 2 aromatic carbocycles. The zero-order chi connectivity index (χ0) is 23.7. The van der Waals surface area contributed by atoms with Crippen LogP contribution in [-0.2, 0) is 4.74 Å². The molecule has 8 heteroatoms. The average Bonchev–Trinajstić information content (AvgIpc) is 3.49. The van der Waals surface area contributed by atoms with Crippen molar-refractivity contribution in [2.45, 2.75) is 12.1 Å². The molecule has 5 rings (SSSR count). The molecule has 0 unspecified atom stereocenters. The topological polar surface area (TPSA) is 59.4 Å². The maximum Gasteiger partial charge on any atom is 0.337 e. The van der Waals surface area contributed by atoms with Crippen molar-refractivity contribution in [3.63, 3.8) is 0 Å². The molecule has 0 bridgehead atoms. The molecule has 1 aliphatic heterocycles. The lowest BCUT2D eigenvalue weighted by Gasteiger charge is -2.29. The summed E-state index contributed by atoms with van der Waals surface area (Å²) in [5, 5.41) is 4.13. The first-order valence-corrected chi connectivity index (χ1v) is 11.9. The van der Waals surface area contributed by atoms with E-state index in [1.54, 1.807) is 18.3 Å². The number of ether oxygens (including phenoxy) is 1. The summed E-state index contributed by atoms with van der Waals surface area (Å²) in [5.41, 5.74) is 4.37. The number of carbonyl (C=O) groups excluding carboxylic acids is 1. The van der Waals surface area contributed by atoms with Gasteiger partial charge in [-0.15, -0.1) is 0 Å². The first-order chi connectivity index (χ1) is 16.6. The highest BCUT2D eigenvalue weighted by molar-refractivity contribution is 9.10. The zero-order valence-corrected chi connectivity index (χ0v) is 20.7. The van der Waals surface area contributed by atoms with Gasteiger partial charge in [0.05, 0.1) is 24.4 Å². The van der Waals surface area contributed by atoms with E-state index >= 15 is 0 Å².